The van der Waals surface area contributed by atoms with Gasteiger partial charge in [0.05, 0.1) is 12.1 Å². The van der Waals surface area contributed by atoms with Crippen molar-refractivity contribution in [3.63, 3.8) is 0 Å². The number of aromatic nitrogens is 2. The number of nitrogens with zero attached hydrogens (tertiary/aromatic N) is 2. The van der Waals surface area contributed by atoms with E-state index in [1.165, 1.54) is 0 Å². The predicted octanol–water partition coefficient (Wildman–Crippen LogP) is 5.38. The maximum absolute atomic E-state index is 12.3. The molecule has 1 N–H and O–H groups in total. The van der Waals surface area contributed by atoms with Gasteiger partial charge in [-0.05, 0) is 69.2 Å². The second-order valence-corrected chi connectivity index (χ2v) is 7.83. The van der Waals surface area contributed by atoms with E-state index in [1.54, 1.807) is 12.1 Å². The Hall–Kier alpha value is -2.86. The molecule has 0 bridgehead atoms. The molecule has 2 aromatic carbocycles. The van der Waals surface area contributed by atoms with Crippen molar-refractivity contribution in [1.29, 1.82) is 0 Å². The van der Waals surface area contributed by atoms with Crippen molar-refractivity contribution in [3.8, 4) is 17.1 Å². The van der Waals surface area contributed by atoms with Crippen LogP contribution in [0.25, 0.3) is 11.4 Å². The van der Waals surface area contributed by atoms with E-state index in [4.69, 9.17) is 20.9 Å². The Morgan fingerprint density at radius 3 is 2.47 bits per heavy atom. The second-order valence-electron chi connectivity index (χ2n) is 7.40. The average Bonchev–Trinajstić information content (AvgIpc) is 3.17. The van der Waals surface area contributed by atoms with Crippen LogP contribution in [0.2, 0.25) is 5.02 Å². The molecule has 1 aromatic heterocycles. The number of nitrogens with one attached hydrogen (secondary N) is 1. The second kappa shape index (κ2) is 10.3. The Balaban J connectivity index is 1.44. The van der Waals surface area contributed by atoms with E-state index >= 15 is 0 Å². The average molecular weight is 428 g/mol. The first kappa shape index (κ1) is 21.8. The molecule has 30 heavy (non-hydrogen) atoms. The number of rotatable bonds is 9. The maximum atomic E-state index is 12.3. The number of halogens is 1. The molecule has 7 heteroatoms. The van der Waals surface area contributed by atoms with E-state index in [2.05, 4.69) is 15.5 Å². The smallest absolute Gasteiger partial charge is 0.226 e. The van der Waals surface area contributed by atoms with Gasteiger partial charge in [0, 0.05) is 23.4 Å². The lowest BCUT2D eigenvalue weighted by molar-refractivity contribution is -0.121. The molecule has 1 unspecified atom stereocenters. The van der Waals surface area contributed by atoms with Crippen LogP contribution in [-0.4, -0.2) is 22.2 Å². The quantitative estimate of drug-likeness (QED) is 0.496. The molecule has 1 heterocycles. The third-order valence-corrected chi connectivity index (χ3v) is 4.75. The van der Waals surface area contributed by atoms with Crippen molar-refractivity contribution in [2.45, 2.75) is 52.2 Å². The lowest BCUT2D eigenvalue weighted by atomic mass is 10.1. The van der Waals surface area contributed by atoms with Gasteiger partial charge in [-0.15, -0.1) is 0 Å². The molecule has 0 saturated carbocycles. The van der Waals surface area contributed by atoms with Gasteiger partial charge in [0.15, 0.2) is 0 Å². The number of amides is 1. The van der Waals surface area contributed by atoms with Crippen LogP contribution in [0.5, 0.6) is 5.75 Å². The summed E-state index contributed by atoms with van der Waals surface area (Å²) in [7, 11) is 0. The van der Waals surface area contributed by atoms with Crippen LogP contribution in [0, 0.1) is 0 Å². The summed E-state index contributed by atoms with van der Waals surface area (Å²) >= 11 is 5.89. The van der Waals surface area contributed by atoms with E-state index < -0.39 is 0 Å². The maximum Gasteiger partial charge on any atom is 0.226 e. The minimum atomic E-state index is -0.0782. The normalized spacial score (nSPS) is 12.0. The van der Waals surface area contributed by atoms with Gasteiger partial charge in [0.25, 0.3) is 0 Å². The van der Waals surface area contributed by atoms with Crippen LogP contribution in [0.15, 0.2) is 53.1 Å². The summed E-state index contributed by atoms with van der Waals surface area (Å²) < 4.78 is 10.9. The summed E-state index contributed by atoms with van der Waals surface area (Å²) in [6, 6.07) is 15.0. The fourth-order valence-electron chi connectivity index (χ4n) is 2.98. The fourth-order valence-corrected chi connectivity index (χ4v) is 3.10. The van der Waals surface area contributed by atoms with Crippen molar-refractivity contribution in [2.75, 3.05) is 0 Å². The first-order chi connectivity index (χ1) is 14.4. The van der Waals surface area contributed by atoms with E-state index in [9.17, 15) is 4.79 Å². The van der Waals surface area contributed by atoms with Crippen LogP contribution in [-0.2, 0) is 11.2 Å². The van der Waals surface area contributed by atoms with Gasteiger partial charge >= 0.3 is 0 Å². The third kappa shape index (κ3) is 6.32. The number of aryl methyl sites for hydroxylation is 1. The molecule has 0 saturated heterocycles. The molecule has 0 spiro atoms. The summed E-state index contributed by atoms with van der Waals surface area (Å²) in [5.74, 6) is 1.85. The molecule has 1 atom stereocenters. The Bertz CT molecular complexity index is 953. The van der Waals surface area contributed by atoms with Gasteiger partial charge in [0.2, 0.25) is 17.6 Å². The number of hydrogen-bond acceptors (Lipinski definition) is 5. The van der Waals surface area contributed by atoms with E-state index in [-0.39, 0.29) is 18.1 Å². The van der Waals surface area contributed by atoms with Gasteiger partial charge in [-0.2, -0.15) is 4.98 Å². The van der Waals surface area contributed by atoms with Gasteiger partial charge in [0.1, 0.15) is 5.75 Å². The highest BCUT2D eigenvalue weighted by Gasteiger charge is 2.12. The topological polar surface area (TPSA) is 77.2 Å². The van der Waals surface area contributed by atoms with Gasteiger partial charge in [-0.3, -0.25) is 4.79 Å². The van der Waals surface area contributed by atoms with Gasteiger partial charge < -0.3 is 14.6 Å². The predicted molar refractivity (Wildman–Crippen MR) is 116 cm³/mol. The highest BCUT2D eigenvalue weighted by molar-refractivity contribution is 6.30. The number of benzene rings is 2. The molecule has 158 valence electrons. The summed E-state index contributed by atoms with van der Waals surface area (Å²) in [5, 5.41) is 7.66. The Morgan fingerprint density at radius 1 is 1.10 bits per heavy atom. The molecule has 3 aromatic rings. The Labute approximate surface area is 181 Å². The van der Waals surface area contributed by atoms with Crippen LogP contribution in [0.3, 0.4) is 0 Å². The van der Waals surface area contributed by atoms with Crippen molar-refractivity contribution >= 4 is 17.5 Å². The number of carbonyl (C=O) groups is 1. The van der Waals surface area contributed by atoms with Crippen molar-refractivity contribution in [3.05, 3.63) is 65.0 Å². The molecular weight excluding hydrogens is 402 g/mol. The van der Waals surface area contributed by atoms with Crippen LogP contribution in [0.4, 0.5) is 0 Å². The monoisotopic (exact) mass is 427 g/mol. The van der Waals surface area contributed by atoms with E-state index in [0.717, 1.165) is 16.9 Å². The number of hydrogen-bond donors (Lipinski definition) is 1. The molecule has 0 aliphatic heterocycles. The van der Waals surface area contributed by atoms with Crippen molar-refractivity contribution in [2.24, 2.45) is 0 Å². The molecule has 3 rings (SSSR count). The van der Waals surface area contributed by atoms with E-state index in [0.29, 0.717) is 36.0 Å². The largest absolute Gasteiger partial charge is 0.491 e. The zero-order valence-electron chi connectivity index (χ0n) is 17.4. The summed E-state index contributed by atoms with van der Waals surface area (Å²) in [5.41, 5.74) is 1.87. The number of carbonyl (C=O) groups excluding carboxylic acids is 1. The first-order valence-electron chi connectivity index (χ1n) is 10.0. The minimum absolute atomic E-state index is 0.0116. The lowest BCUT2D eigenvalue weighted by Crippen LogP contribution is -2.26. The molecule has 0 aliphatic carbocycles. The highest BCUT2D eigenvalue weighted by atomic mass is 35.5. The Kier molecular flexibility index (Phi) is 7.46. The van der Waals surface area contributed by atoms with Crippen LogP contribution in [0.1, 0.15) is 51.1 Å². The van der Waals surface area contributed by atoms with E-state index in [1.807, 2.05) is 57.2 Å². The molecular formula is C23H26ClN3O3. The first-order valence-corrected chi connectivity index (χ1v) is 10.4. The minimum Gasteiger partial charge on any atom is -0.491 e. The highest BCUT2D eigenvalue weighted by Crippen LogP contribution is 2.20. The summed E-state index contributed by atoms with van der Waals surface area (Å²) in [6.07, 6.45) is 1.69. The lowest BCUT2D eigenvalue weighted by Gasteiger charge is -2.15. The standard InChI is InChI=1S/C23H26ClN3O3/c1-15(2)29-20-13-9-17(10-14-20)16(3)25-21(28)5-4-6-22-26-23(27-30-22)18-7-11-19(24)12-8-18/h7-16H,4-6H2,1-3H3,(H,25,28). The number of ether oxygens (including phenoxy) is 1. The zero-order valence-corrected chi connectivity index (χ0v) is 18.1. The molecule has 0 aliphatic rings. The Morgan fingerprint density at radius 2 is 1.80 bits per heavy atom. The van der Waals surface area contributed by atoms with Gasteiger partial charge in [-0.25, -0.2) is 0 Å². The van der Waals surface area contributed by atoms with Crippen LogP contribution >= 0.6 is 11.6 Å². The summed E-state index contributed by atoms with van der Waals surface area (Å²) in [6.45, 7) is 5.94. The molecule has 0 radical (unpaired) electrons. The molecule has 1 amide bonds. The van der Waals surface area contributed by atoms with Crippen molar-refractivity contribution in [1.82, 2.24) is 15.5 Å². The zero-order chi connectivity index (χ0) is 21.5. The fraction of sp³-hybridized carbons (Fsp3) is 0.348. The third-order valence-electron chi connectivity index (χ3n) is 4.49. The summed E-state index contributed by atoms with van der Waals surface area (Å²) in [4.78, 5) is 16.7. The van der Waals surface area contributed by atoms with Crippen LogP contribution < -0.4 is 10.1 Å². The molecule has 0 fully saturated rings. The van der Waals surface area contributed by atoms with Crippen molar-refractivity contribution < 1.29 is 14.1 Å². The molecule has 6 nitrogen and oxygen atoms in total. The van der Waals surface area contributed by atoms with Gasteiger partial charge in [-0.1, -0.05) is 28.9 Å². The SMILES string of the molecule is CC(C)Oc1ccc(C(C)NC(=O)CCCc2nc(-c3ccc(Cl)cc3)no2)cc1.